The van der Waals surface area contributed by atoms with E-state index in [2.05, 4.69) is 46.6 Å². The minimum atomic E-state index is -0.264. The lowest BCUT2D eigenvalue weighted by Gasteiger charge is -2.15. The summed E-state index contributed by atoms with van der Waals surface area (Å²) in [5.41, 5.74) is 2.33. The predicted molar refractivity (Wildman–Crippen MR) is 94.5 cm³/mol. The molecule has 0 fully saturated rings. The highest BCUT2D eigenvalue weighted by molar-refractivity contribution is 7.09. The number of nitrogens with zero attached hydrogens (tertiary/aromatic N) is 2. The summed E-state index contributed by atoms with van der Waals surface area (Å²) in [5.74, 6) is 0.384. The fourth-order valence-electron chi connectivity index (χ4n) is 2.39. The average Bonchev–Trinajstić information content (AvgIpc) is 3.02. The highest BCUT2D eigenvalue weighted by atomic mass is 32.1. The van der Waals surface area contributed by atoms with Crippen LogP contribution in [0.1, 0.15) is 16.3 Å². The summed E-state index contributed by atoms with van der Waals surface area (Å²) in [4.78, 5) is 6.83. The molecule has 0 radical (unpaired) electrons. The third-order valence-electron chi connectivity index (χ3n) is 3.50. The van der Waals surface area contributed by atoms with Gasteiger partial charge in [0, 0.05) is 18.5 Å². The number of aromatic nitrogens is 1. The zero-order valence-electron chi connectivity index (χ0n) is 13.5. The van der Waals surface area contributed by atoms with Crippen molar-refractivity contribution >= 4 is 11.3 Å². The number of rotatable bonds is 7. The fourth-order valence-corrected chi connectivity index (χ4v) is 3.09. The molecule has 124 valence electrons. The molecule has 0 aliphatic heterocycles. The topological polar surface area (TPSA) is 25.4 Å². The van der Waals surface area contributed by atoms with Gasteiger partial charge in [0.25, 0.3) is 0 Å². The van der Waals surface area contributed by atoms with Gasteiger partial charge in [-0.25, -0.2) is 9.37 Å². The van der Waals surface area contributed by atoms with Crippen LogP contribution in [0.25, 0.3) is 0 Å². The molecule has 0 amide bonds. The minimum absolute atomic E-state index is 0.264. The first-order chi connectivity index (χ1) is 11.7. The van der Waals surface area contributed by atoms with Crippen LogP contribution in [0.3, 0.4) is 0 Å². The molecule has 0 unspecified atom stereocenters. The molecule has 3 rings (SSSR count). The van der Waals surface area contributed by atoms with E-state index in [9.17, 15) is 4.39 Å². The summed E-state index contributed by atoms with van der Waals surface area (Å²) in [6.45, 7) is 2.08. The van der Waals surface area contributed by atoms with Crippen molar-refractivity contribution in [2.24, 2.45) is 0 Å². The smallest absolute Gasteiger partial charge is 0.140 e. The molecule has 1 heterocycles. The molecule has 3 aromatic rings. The molecule has 0 saturated heterocycles. The van der Waals surface area contributed by atoms with Gasteiger partial charge in [-0.2, -0.15) is 0 Å². The zero-order chi connectivity index (χ0) is 16.8. The van der Waals surface area contributed by atoms with Crippen LogP contribution < -0.4 is 4.74 Å². The molecule has 0 N–H and O–H groups in total. The van der Waals surface area contributed by atoms with E-state index in [1.807, 2.05) is 6.07 Å². The van der Waals surface area contributed by atoms with Gasteiger partial charge < -0.3 is 4.74 Å². The molecule has 0 aliphatic rings. The Balaban J connectivity index is 1.50. The second-order valence-electron chi connectivity index (χ2n) is 5.63. The number of hydrogen-bond donors (Lipinski definition) is 0. The maximum absolute atomic E-state index is 12.9. The third-order valence-corrected chi connectivity index (χ3v) is 4.37. The Hall–Kier alpha value is -2.24. The number of thiazole rings is 1. The van der Waals surface area contributed by atoms with Gasteiger partial charge in [0.05, 0.1) is 5.69 Å². The van der Waals surface area contributed by atoms with Crippen LogP contribution in [0.15, 0.2) is 60.0 Å². The van der Waals surface area contributed by atoms with Crippen LogP contribution in [0.4, 0.5) is 4.39 Å². The van der Waals surface area contributed by atoms with E-state index in [4.69, 9.17) is 4.74 Å². The van der Waals surface area contributed by atoms with Crippen LogP contribution in [0, 0.1) is 5.82 Å². The lowest BCUT2D eigenvalue weighted by atomic mass is 10.2. The van der Waals surface area contributed by atoms with E-state index < -0.39 is 0 Å². The lowest BCUT2D eigenvalue weighted by Crippen LogP contribution is -2.17. The summed E-state index contributed by atoms with van der Waals surface area (Å²) in [7, 11) is 2.08. The molecule has 3 nitrogen and oxygen atoms in total. The molecule has 24 heavy (non-hydrogen) atoms. The van der Waals surface area contributed by atoms with E-state index in [0.29, 0.717) is 12.4 Å². The van der Waals surface area contributed by atoms with Crippen molar-refractivity contribution < 1.29 is 9.13 Å². The minimum Gasteiger partial charge on any atom is -0.486 e. The number of ether oxygens (including phenoxy) is 1. The van der Waals surface area contributed by atoms with Gasteiger partial charge in [-0.1, -0.05) is 30.3 Å². The van der Waals surface area contributed by atoms with Gasteiger partial charge in [-0.3, -0.25) is 4.90 Å². The highest BCUT2D eigenvalue weighted by Crippen LogP contribution is 2.17. The maximum Gasteiger partial charge on any atom is 0.140 e. The molecular formula is C19H19FN2OS. The van der Waals surface area contributed by atoms with Gasteiger partial charge >= 0.3 is 0 Å². The van der Waals surface area contributed by atoms with Crippen LogP contribution in [-0.4, -0.2) is 16.9 Å². The van der Waals surface area contributed by atoms with Crippen molar-refractivity contribution in [1.29, 1.82) is 0 Å². The van der Waals surface area contributed by atoms with Crippen molar-refractivity contribution in [3.63, 3.8) is 0 Å². The van der Waals surface area contributed by atoms with Crippen molar-refractivity contribution in [3.8, 4) is 5.75 Å². The average molecular weight is 342 g/mol. The van der Waals surface area contributed by atoms with Gasteiger partial charge in [0.15, 0.2) is 0 Å². The normalized spacial score (nSPS) is 11.0. The number of hydrogen-bond acceptors (Lipinski definition) is 4. The van der Waals surface area contributed by atoms with Crippen LogP contribution in [0.2, 0.25) is 0 Å². The van der Waals surface area contributed by atoms with Crippen LogP contribution in [0.5, 0.6) is 5.75 Å². The summed E-state index contributed by atoms with van der Waals surface area (Å²) >= 11 is 1.58. The molecular weight excluding hydrogens is 323 g/mol. The van der Waals surface area contributed by atoms with Crippen molar-refractivity contribution in [1.82, 2.24) is 9.88 Å². The first-order valence-corrected chi connectivity index (χ1v) is 8.61. The van der Waals surface area contributed by atoms with Gasteiger partial charge in [0.1, 0.15) is 23.2 Å². The molecule has 0 atom stereocenters. The van der Waals surface area contributed by atoms with E-state index in [1.54, 1.807) is 23.5 Å². The third kappa shape index (κ3) is 4.88. The van der Waals surface area contributed by atoms with Gasteiger partial charge in [0.2, 0.25) is 0 Å². The summed E-state index contributed by atoms with van der Waals surface area (Å²) in [5, 5.41) is 2.98. The Morgan fingerprint density at radius 3 is 2.54 bits per heavy atom. The molecule has 5 heteroatoms. The van der Waals surface area contributed by atoms with E-state index in [0.717, 1.165) is 23.8 Å². The Bertz CT molecular complexity index is 759. The Morgan fingerprint density at radius 1 is 1.04 bits per heavy atom. The van der Waals surface area contributed by atoms with Crippen LogP contribution >= 0.6 is 11.3 Å². The Labute approximate surface area is 145 Å². The van der Waals surface area contributed by atoms with E-state index in [1.165, 1.54) is 17.7 Å². The van der Waals surface area contributed by atoms with E-state index in [-0.39, 0.29) is 5.82 Å². The quantitative estimate of drug-likeness (QED) is 0.632. The fraction of sp³-hybridized carbons (Fsp3) is 0.211. The molecule has 0 aliphatic carbocycles. The van der Waals surface area contributed by atoms with Crippen molar-refractivity contribution in [2.75, 3.05) is 7.05 Å². The number of benzene rings is 2. The summed E-state index contributed by atoms with van der Waals surface area (Å²) in [6, 6.07) is 16.4. The highest BCUT2D eigenvalue weighted by Gasteiger charge is 2.07. The van der Waals surface area contributed by atoms with E-state index >= 15 is 0 Å². The number of halogens is 1. The second-order valence-corrected chi connectivity index (χ2v) is 6.58. The van der Waals surface area contributed by atoms with Gasteiger partial charge in [-0.15, -0.1) is 11.3 Å². The van der Waals surface area contributed by atoms with Crippen molar-refractivity contribution in [3.05, 3.63) is 82.1 Å². The second kappa shape index (κ2) is 8.04. The Kier molecular flexibility index (Phi) is 5.56. The van der Waals surface area contributed by atoms with Crippen molar-refractivity contribution in [2.45, 2.75) is 19.7 Å². The first kappa shape index (κ1) is 16.6. The van der Waals surface area contributed by atoms with Crippen LogP contribution in [-0.2, 0) is 19.7 Å². The maximum atomic E-state index is 12.9. The molecule has 0 bridgehead atoms. The van der Waals surface area contributed by atoms with Gasteiger partial charge in [-0.05, 0) is 36.9 Å². The molecule has 2 aromatic carbocycles. The Morgan fingerprint density at radius 2 is 1.79 bits per heavy atom. The largest absolute Gasteiger partial charge is 0.486 e. The monoisotopic (exact) mass is 342 g/mol. The molecule has 1 aromatic heterocycles. The lowest BCUT2D eigenvalue weighted by molar-refractivity contribution is 0.300. The molecule has 0 saturated carbocycles. The standard InChI is InChI=1S/C19H19FN2OS/c1-22(11-15-5-3-2-4-6-15)12-17-14-24-19(21-17)13-23-18-9-7-16(20)8-10-18/h2-10,14H,11-13H2,1H3. The molecule has 0 spiro atoms. The predicted octanol–water partition coefficient (Wildman–Crippen LogP) is 4.49. The summed E-state index contributed by atoms with van der Waals surface area (Å²) in [6.07, 6.45) is 0. The zero-order valence-corrected chi connectivity index (χ0v) is 14.3. The first-order valence-electron chi connectivity index (χ1n) is 7.73. The summed E-state index contributed by atoms with van der Waals surface area (Å²) < 4.78 is 18.5. The SMILES string of the molecule is CN(Cc1ccccc1)Cc1csc(COc2ccc(F)cc2)n1.